The lowest BCUT2D eigenvalue weighted by atomic mass is 10.1. The van der Waals surface area contributed by atoms with Crippen molar-refractivity contribution in [1.82, 2.24) is 5.32 Å². The Morgan fingerprint density at radius 1 is 1.29 bits per heavy atom. The summed E-state index contributed by atoms with van der Waals surface area (Å²) in [6.07, 6.45) is 1.11. The van der Waals surface area contributed by atoms with Crippen LogP contribution in [0.15, 0.2) is 35.2 Å². The molecule has 0 heterocycles. The molecule has 0 bridgehead atoms. The predicted molar refractivity (Wildman–Crippen MR) is 75.7 cm³/mol. The van der Waals surface area contributed by atoms with Crippen LogP contribution in [0.4, 0.5) is 0 Å². The van der Waals surface area contributed by atoms with E-state index in [-0.39, 0.29) is 4.75 Å². The Morgan fingerprint density at radius 3 is 2.59 bits per heavy atom. The molecule has 17 heavy (non-hydrogen) atoms. The van der Waals surface area contributed by atoms with Gasteiger partial charge < -0.3 is 10.1 Å². The highest BCUT2D eigenvalue weighted by Gasteiger charge is 2.25. The van der Waals surface area contributed by atoms with Gasteiger partial charge in [-0.25, -0.2) is 0 Å². The van der Waals surface area contributed by atoms with Crippen LogP contribution in [-0.4, -0.2) is 31.6 Å². The zero-order chi connectivity index (χ0) is 12.6. The molecular weight excluding hydrogens is 230 g/mol. The summed E-state index contributed by atoms with van der Waals surface area (Å²) in [5, 5.41) is 3.38. The number of nitrogens with one attached hydrogen (secondary N) is 1. The zero-order valence-electron chi connectivity index (χ0n) is 11.0. The van der Waals surface area contributed by atoms with Crippen LogP contribution in [0, 0.1) is 0 Å². The Bertz CT molecular complexity index is 304. The third-order valence-corrected chi connectivity index (χ3v) is 3.96. The van der Waals surface area contributed by atoms with E-state index in [4.69, 9.17) is 4.74 Å². The number of rotatable bonds is 8. The van der Waals surface area contributed by atoms with Crippen LogP contribution in [0.3, 0.4) is 0 Å². The summed E-state index contributed by atoms with van der Waals surface area (Å²) >= 11 is 1.90. The zero-order valence-corrected chi connectivity index (χ0v) is 11.8. The van der Waals surface area contributed by atoms with Gasteiger partial charge >= 0.3 is 0 Å². The van der Waals surface area contributed by atoms with E-state index in [2.05, 4.69) is 49.5 Å². The maximum Gasteiger partial charge on any atom is 0.0610 e. The molecular formula is C14H23NOS. The van der Waals surface area contributed by atoms with Gasteiger partial charge in [-0.05, 0) is 38.6 Å². The van der Waals surface area contributed by atoms with Crippen LogP contribution in [0.25, 0.3) is 0 Å². The SMILES string of the molecule is CCNCCC(C)(COC)Sc1ccccc1. The van der Waals surface area contributed by atoms with Gasteiger partial charge in [0.05, 0.1) is 6.61 Å². The fraction of sp³-hybridized carbons (Fsp3) is 0.571. The molecule has 1 aromatic rings. The molecule has 0 aromatic heterocycles. The highest BCUT2D eigenvalue weighted by Crippen LogP contribution is 2.35. The molecule has 3 heteroatoms. The smallest absolute Gasteiger partial charge is 0.0610 e. The summed E-state index contributed by atoms with van der Waals surface area (Å²) in [6.45, 7) is 7.25. The number of hydrogen-bond donors (Lipinski definition) is 1. The molecule has 0 aliphatic heterocycles. The van der Waals surface area contributed by atoms with Crippen molar-refractivity contribution >= 4 is 11.8 Å². The summed E-state index contributed by atoms with van der Waals surface area (Å²) in [4.78, 5) is 1.31. The van der Waals surface area contributed by atoms with Crippen molar-refractivity contribution in [3.63, 3.8) is 0 Å². The third-order valence-electron chi connectivity index (χ3n) is 2.64. The van der Waals surface area contributed by atoms with E-state index in [0.717, 1.165) is 26.1 Å². The third kappa shape index (κ3) is 5.57. The van der Waals surface area contributed by atoms with Crippen LogP contribution >= 0.6 is 11.8 Å². The Kier molecular flexibility index (Phi) is 6.63. The van der Waals surface area contributed by atoms with Gasteiger partial charge in [0.1, 0.15) is 0 Å². The second-order valence-corrected chi connectivity index (χ2v) is 6.06. The second-order valence-electron chi connectivity index (χ2n) is 4.40. The van der Waals surface area contributed by atoms with Gasteiger partial charge in [-0.2, -0.15) is 0 Å². The molecule has 1 atom stereocenters. The fourth-order valence-corrected chi connectivity index (χ4v) is 3.00. The number of methoxy groups -OCH3 is 1. The van der Waals surface area contributed by atoms with Crippen molar-refractivity contribution in [3.8, 4) is 0 Å². The molecule has 2 nitrogen and oxygen atoms in total. The van der Waals surface area contributed by atoms with Gasteiger partial charge in [-0.15, -0.1) is 11.8 Å². The Balaban J connectivity index is 2.57. The molecule has 0 aliphatic carbocycles. The summed E-state index contributed by atoms with van der Waals surface area (Å²) in [5.74, 6) is 0. The van der Waals surface area contributed by atoms with E-state index in [1.54, 1.807) is 7.11 Å². The van der Waals surface area contributed by atoms with E-state index < -0.39 is 0 Å². The lowest BCUT2D eigenvalue weighted by Gasteiger charge is -2.28. The van der Waals surface area contributed by atoms with Gasteiger partial charge in [-0.3, -0.25) is 0 Å². The molecule has 1 N–H and O–H groups in total. The van der Waals surface area contributed by atoms with Crippen molar-refractivity contribution in [2.75, 3.05) is 26.8 Å². The average molecular weight is 253 g/mol. The molecule has 1 rings (SSSR count). The molecule has 1 aromatic carbocycles. The molecule has 0 fully saturated rings. The number of hydrogen-bond acceptors (Lipinski definition) is 3. The van der Waals surface area contributed by atoms with Gasteiger partial charge in [0.25, 0.3) is 0 Å². The minimum absolute atomic E-state index is 0.137. The first kappa shape index (κ1) is 14.6. The Morgan fingerprint density at radius 2 is 2.00 bits per heavy atom. The van der Waals surface area contributed by atoms with Crippen LogP contribution in [0.5, 0.6) is 0 Å². The molecule has 0 spiro atoms. The lowest BCUT2D eigenvalue weighted by molar-refractivity contribution is 0.169. The maximum atomic E-state index is 5.36. The first-order valence-corrected chi connectivity index (χ1v) is 6.95. The number of thioether (sulfide) groups is 1. The highest BCUT2D eigenvalue weighted by molar-refractivity contribution is 8.00. The van der Waals surface area contributed by atoms with Crippen LogP contribution in [0.1, 0.15) is 20.3 Å². The van der Waals surface area contributed by atoms with Crippen molar-refractivity contribution in [2.24, 2.45) is 0 Å². The van der Waals surface area contributed by atoms with Crippen molar-refractivity contribution in [3.05, 3.63) is 30.3 Å². The quantitative estimate of drug-likeness (QED) is 0.568. The maximum absolute atomic E-state index is 5.36. The second kappa shape index (κ2) is 7.75. The first-order chi connectivity index (χ1) is 8.20. The van der Waals surface area contributed by atoms with Crippen molar-refractivity contribution in [1.29, 1.82) is 0 Å². The molecule has 0 radical (unpaired) electrons. The van der Waals surface area contributed by atoms with Crippen LogP contribution in [-0.2, 0) is 4.74 Å². The fourth-order valence-electron chi connectivity index (χ4n) is 1.76. The molecule has 96 valence electrons. The van der Waals surface area contributed by atoms with E-state index in [9.17, 15) is 0 Å². The van der Waals surface area contributed by atoms with Crippen LogP contribution in [0.2, 0.25) is 0 Å². The van der Waals surface area contributed by atoms with Crippen molar-refractivity contribution < 1.29 is 4.74 Å². The van der Waals surface area contributed by atoms with Crippen LogP contribution < -0.4 is 5.32 Å². The largest absolute Gasteiger partial charge is 0.383 e. The Labute approximate surface area is 109 Å². The lowest BCUT2D eigenvalue weighted by Crippen LogP contribution is -2.31. The van der Waals surface area contributed by atoms with E-state index in [1.807, 2.05) is 11.8 Å². The number of ether oxygens (including phenoxy) is 1. The molecule has 1 unspecified atom stereocenters. The van der Waals surface area contributed by atoms with E-state index in [0.29, 0.717) is 0 Å². The minimum Gasteiger partial charge on any atom is -0.383 e. The minimum atomic E-state index is 0.137. The summed E-state index contributed by atoms with van der Waals surface area (Å²) in [6, 6.07) is 10.5. The summed E-state index contributed by atoms with van der Waals surface area (Å²) in [5.41, 5.74) is 0. The summed E-state index contributed by atoms with van der Waals surface area (Å²) in [7, 11) is 1.77. The number of benzene rings is 1. The van der Waals surface area contributed by atoms with Gasteiger partial charge in [-0.1, -0.05) is 25.1 Å². The molecule has 0 saturated heterocycles. The molecule has 0 amide bonds. The van der Waals surface area contributed by atoms with Gasteiger partial charge in [0.15, 0.2) is 0 Å². The van der Waals surface area contributed by atoms with Crippen molar-refractivity contribution in [2.45, 2.75) is 29.9 Å². The predicted octanol–water partition coefficient (Wildman–Crippen LogP) is 3.18. The van der Waals surface area contributed by atoms with E-state index in [1.165, 1.54) is 4.90 Å². The monoisotopic (exact) mass is 253 g/mol. The highest BCUT2D eigenvalue weighted by atomic mass is 32.2. The van der Waals surface area contributed by atoms with Gasteiger partial charge in [0.2, 0.25) is 0 Å². The Hall–Kier alpha value is -0.510. The normalized spacial score (nSPS) is 14.5. The standard InChI is InChI=1S/C14H23NOS/c1-4-15-11-10-14(2,12-16-3)17-13-8-6-5-7-9-13/h5-9,15H,4,10-12H2,1-3H3. The summed E-state index contributed by atoms with van der Waals surface area (Å²) < 4.78 is 5.50. The molecule has 0 aliphatic rings. The first-order valence-electron chi connectivity index (χ1n) is 6.14. The average Bonchev–Trinajstić information content (AvgIpc) is 2.31. The van der Waals surface area contributed by atoms with Gasteiger partial charge in [0, 0.05) is 16.8 Å². The topological polar surface area (TPSA) is 21.3 Å². The molecule has 0 saturated carbocycles. The van der Waals surface area contributed by atoms with E-state index >= 15 is 0 Å².